The Morgan fingerprint density at radius 1 is 1.67 bits per heavy atom. The van der Waals surface area contributed by atoms with Crippen molar-refractivity contribution in [1.82, 2.24) is 4.98 Å². The van der Waals surface area contributed by atoms with Crippen LogP contribution in [0, 0.1) is 16.0 Å². The molecule has 1 rings (SSSR count). The Kier molecular flexibility index (Phi) is 5.04. The third-order valence-corrected chi connectivity index (χ3v) is 2.50. The van der Waals surface area contributed by atoms with Crippen LogP contribution < -0.4 is 5.32 Å². The first-order valence-electron chi connectivity index (χ1n) is 5.58. The quantitative estimate of drug-likeness (QED) is 0.436. The van der Waals surface area contributed by atoms with Crippen LogP contribution in [0.3, 0.4) is 0 Å². The summed E-state index contributed by atoms with van der Waals surface area (Å²) >= 11 is 0. The maximum absolute atomic E-state index is 10.6. The second kappa shape index (κ2) is 6.53. The summed E-state index contributed by atoms with van der Waals surface area (Å²) in [6, 6.07) is 2.66. The summed E-state index contributed by atoms with van der Waals surface area (Å²) in [6.07, 6.45) is 2.58. The summed E-state index contributed by atoms with van der Waals surface area (Å²) in [5.41, 5.74) is -0.0218. The van der Waals surface area contributed by atoms with Crippen molar-refractivity contribution in [3.05, 3.63) is 28.4 Å². The molecule has 18 heavy (non-hydrogen) atoms. The van der Waals surface area contributed by atoms with Crippen LogP contribution in [-0.2, 0) is 4.79 Å². The van der Waals surface area contributed by atoms with Crippen molar-refractivity contribution in [1.29, 1.82) is 0 Å². The number of nitrogens with zero attached hydrogens (tertiary/aromatic N) is 2. The molecule has 0 saturated heterocycles. The summed E-state index contributed by atoms with van der Waals surface area (Å²) in [6.45, 7) is 2.18. The Hall–Kier alpha value is -2.18. The Morgan fingerprint density at radius 3 is 3.00 bits per heavy atom. The summed E-state index contributed by atoms with van der Waals surface area (Å²) in [5, 5.41) is 22.1. The van der Waals surface area contributed by atoms with Gasteiger partial charge in [-0.2, -0.15) is 0 Å². The number of nitrogens with one attached hydrogen (secondary N) is 1. The molecule has 1 atom stereocenters. The lowest BCUT2D eigenvalue weighted by molar-refractivity contribution is -0.384. The number of aromatic nitrogens is 1. The SMILES string of the molecule is CC(CCCNc1cc([N+](=O)[O-])ccn1)C(=O)O. The van der Waals surface area contributed by atoms with E-state index in [0.29, 0.717) is 25.2 Å². The number of nitro groups is 1. The molecule has 0 fully saturated rings. The van der Waals surface area contributed by atoms with Gasteiger partial charge in [0.2, 0.25) is 0 Å². The maximum atomic E-state index is 10.6. The molecule has 7 nitrogen and oxygen atoms in total. The van der Waals surface area contributed by atoms with Crippen molar-refractivity contribution < 1.29 is 14.8 Å². The Bertz CT molecular complexity index is 436. The number of carboxylic acid groups (broad SMARTS) is 1. The Balaban J connectivity index is 2.38. The third-order valence-electron chi connectivity index (χ3n) is 2.50. The first-order chi connectivity index (χ1) is 8.50. The molecule has 1 unspecified atom stereocenters. The van der Waals surface area contributed by atoms with Crippen LogP contribution >= 0.6 is 0 Å². The molecule has 7 heteroatoms. The van der Waals surface area contributed by atoms with E-state index in [1.807, 2.05) is 0 Å². The van der Waals surface area contributed by atoms with Crippen molar-refractivity contribution in [2.45, 2.75) is 19.8 Å². The minimum absolute atomic E-state index is 0.0218. The van der Waals surface area contributed by atoms with E-state index < -0.39 is 10.9 Å². The fourth-order valence-corrected chi connectivity index (χ4v) is 1.38. The van der Waals surface area contributed by atoms with Crippen molar-refractivity contribution >= 4 is 17.5 Å². The molecule has 0 spiro atoms. The topological polar surface area (TPSA) is 105 Å². The zero-order valence-corrected chi connectivity index (χ0v) is 10.00. The van der Waals surface area contributed by atoms with Gasteiger partial charge in [0.15, 0.2) is 0 Å². The van der Waals surface area contributed by atoms with Gasteiger partial charge in [0.25, 0.3) is 5.69 Å². The van der Waals surface area contributed by atoms with Crippen LogP contribution in [0.5, 0.6) is 0 Å². The molecule has 1 heterocycles. The maximum Gasteiger partial charge on any atom is 0.306 e. The molecule has 0 aromatic carbocycles. The smallest absolute Gasteiger partial charge is 0.306 e. The highest BCUT2D eigenvalue weighted by molar-refractivity contribution is 5.69. The van der Waals surface area contributed by atoms with Crippen molar-refractivity contribution in [3.8, 4) is 0 Å². The number of pyridine rings is 1. The Labute approximate surface area is 104 Å². The van der Waals surface area contributed by atoms with E-state index in [9.17, 15) is 14.9 Å². The first-order valence-corrected chi connectivity index (χ1v) is 5.58. The number of hydrogen-bond donors (Lipinski definition) is 2. The van der Waals surface area contributed by atoms with Gasteiger partial charge in [-0.15, -0.1) is 0 Å². The summed E-state index contributed by atoms with van der Waals surface area (Å²) in [7, 11) is 0. The highest BCUT2D eigenvalue weighted by atomic mass is 16.6. The van der Waals surface area contributed by atoms with Crippen LogP contribution in [0.4, 0.5) is 11.5 Å². The fraction of sp³-hybridized carbons (Fsp3) is 0.455. The molecule has 0 bridgehead atoms. The van der Waals surface area contributed by atoms with Crippen molar-refractivity contribution in [2.24, 2.45) is 5.92 Å². The number of anilines is 1. The molecule has 0 aliphatic carbocycles. The van der Waals surface area contributed by atoms with Gasteiger partial charge in [0, 0.05) is 18.8 Å². The third kappa shape index (κ3) is 4.36. The highest BCUT2D eigenvalue weighted by Gasteiger charge is 2.10. The largest absolute Gasteiger partial charge is 0.481 e. The second-order valence-corrected chi connectivity index (χ2v) is 3.96. The number of aliphatic carboxylic acids is 1. The van der Waals surface area contributed by atoms with Crippen LogP contribution in [0.25, 0.3) is 0 Å². The lowest BCUT2D eigenvalue weighted by atomic mass is 10.1. The van der Waals surface area contributed by atoms with E-state index >= 15 is 0 Å². The average molecular weight is 253 g/mol. The highest BCUT2D eigenvalue weighted by Crippen LogP contribution is 2.14. The van der Waals surface area contributed by atoms with Crippen LogP contribution in [0.15, 0.2) is 18.3 Å². The van der Waals surface area contributed by atoms with E-state index in [0.717, 1.165) is 0 Å². The molecular weight excluding hydrogens is 238 g/mol. The molecule has 1 aromatic rings. The minimum atomic E-state index is -0.816. The average Bonchev–Trinajstić information content (AvgIpc) is 2.34. The summed E-state index contributed by atoms with van der Waals surface area (Å²) in [5.74, 6) is -0.777. The molecule has 0 saturated carbocycles. The summed E-state index contributed by atoms with van der Waals surface area (Å²) in [4.78, 5) is 24.6. The van der Waals surface area contributed by atoms with E-state index in [1.54, 1.807) is 6.92 Å². The van der Waals surface area contributed by atoms with E-state index in [2.05, 4.69) is 10.3 Å². The lowest BCUT2D eigenvalue weighted by Gasteiger charge is -2.07. The van der Waals surface area contributed by atoms with Crippen molar-refractivity contribution in [3.63, 3.8) is 0 Å². The van der Waals surface area contributed by atoms with Crippen LogP contribution in [0.2, 0.25) is 0 Å². The number of carboxylic acids is 1. The van der Waals surface area contributed by atoms with E-state index in [1.165, 1.54) is 18.3 Å². The standard InChI is InChI=1S/C11H15N3O4/c1-8(11(15)16)3-2-5-12-10-7-9(14(17)18)4-6-13-10/h4,6-8H,2-3,5H2,1H3,(H,12,13)(H,15,16). The zero-order valence-electron chi connectivity index (χ0n) is 10.00. The minimum Gasteiger partial charge on any atom is -0.481 e. The fourth-order valence-electron chi connectivity index (χ4n) is 1.38. The Morgan fingerprint density at radius 2 is 2.39 bits per heavy atom. The predicted molar refractivity (Wildman–Crippen MR) is 65.4 cm³/mol. The number of rotatable bonds is 7. The normalized spacial score (nSPS) is 11.8. The summed E-state index contributed by atoms with van der Waals surface area (Å²) < 4.78 is 0. The monoisotopic (exact) mass is 253 g/mol. The van der Waals surface area contributed by atoms with Gasteiger partial charge < -0.3 is 10.4 Å². The zero-order chi connectivity index (χ0) is 13.5. The van der Waals surface area contributed by atoms with Gasteiger partial charge in [-0.05, 0) is 12.8 Å². The number of hydrogen-bond acceptors (Lipinski definition) is 5. The number of carbonyl (C=O) groups is 1. The van der Waals surface area contributed by atoms with Crippen LogP contribution in [0.1, 0.15) is 19.8 Å². The van der Waals surface area contributed by atoms with Crippen LogP contribution in [-0.4, -0.2) is 27.5 Å². The van der Waals surface area contributed by atoms with E-state index in [-0.39, 0.29) is 11.6 Å². The molecule has 98 valence electrons. The molecule has 1 aromatic heterocycles. The van der Waals surface area contributed by atoms with Gasteiger partial charge in [-0.25, -0.2) is 4.98 Å². The lowest BCUT2D eigenvalue weighted by Crippen LogP contribution is -2.12. The first kappa shape index (κ1) is 13.9. The molecular formula is C11H15N3O4. The molecule has 0 amide bonds. The van der Waals surface area contributed by atoms with Gasteiger partial charge in [-0.1, -0.05) is 6.92 Å². The van der Waals surface area contributed by atoms with Gasteiger partial charge >= 0.3 is 5.97 Å². The van der Waals surface area contributed by atoms with Gasteiger partial charge in [0.05, 0.1) is 16.9 Å². The van der Waals surface area contributed by atoms with Gasteiger partial charge in [0.1, 0.15) is 5.82 Å². The molecule has 0 aliphatic heterocycles. The molecule has 0 radical (unpaired) electrons. The van der Waals surface area contributed by atoms with Crippen molar-refractivity contribution in [2.75, 3.05) is 11.9 Å². The molecule has 0 aliphatic rings. The van der Waals surface area contributed by atoms with E-state index in [4.69, 9.17) is 5.11 Å². The predicted octanol–water partition coefficient (Wildman–Crippen LogP) is 1.90. The second-order valence-electron chi connectivity index (χ2n) is 3.96. The molecule has 2 N–H and O–H groups in total. The van der Waals surface area contributed by atoms with Gasteiger partial charge in [-0.3, -0.25) is 14.9 Å².